The highest BCUT2D eigenvalue weighted by Crippen LogP contribution is 2.53. The SMILES string of the molecule is C=CC[C@]1(C2CC2)CCCN(C(=O)c2ccccc2)C1=O. The van der Waals surface area contributed by atoms with Crippen LogP contribution >= 0.6 is 0 Å². The quantitative estimate of drug-likeness (QED) is 0.627. The summed E-state index contributed by atoms with van der Waals surface area (Å²) in [6.07, 6.45) is 6.53. The molecule has 1 aliphatic carbocycles. The minimum absolute atomic E-state index is 0.0185. The van der Waals surface area contributed by atoms with Crippen LogP contribution in [0.25, 0.3) is 0 Å². The fraction of sp³-hybridized carbons (Fsp3) is 0.444. The molecular weight excluding hydrogens is 262 g/mol. The monoisotopic (exact) mass is 283 g/mol. The Hall–Kier alpha value is -1.90. The van der Waals surface area contributed by atoms with E-state index in [4.69, 9.17) is 0 Å². The van der Waals surface area contributed by atoms with Gasteiger partial charge in [0.05, 0.1) is 5.41 Å². The second-order valence-corrected chi connectivity index (χ2v) is 6.15. The van der Waals surface area contributed by atoms with Crippen molar-refractivity contribution in [3.8, 4) is 0 Å². The first-order valence-electron chi connectivity index (χ1n) is 7.71. The minimum atomic E-state index is -0.371. The lowest BCUT2D eigenvalue weighted by atomic mass is 9.72. The van der Waals surface area contributed by atoms with E-state index in [1.807, 2.05) is 24.3 Å². The number of allylic oxidation sites excluding steroid dienone is 1. The zero-order valence-corrected chi connectivity index (χ0v) is 12.3. The smallest absolute Gasteiger partial charge is 0.260 e. The molecule has 3 rings (SSSR count). The Morgan fingerprint density at radius 2 is 2.05 bits per heavy atom. The Morgan fingerprint density at radius 3 is 2.67 bits per heavy atom. The molecule has 1 heterocycles. The van der Waals surface area contributed by atoms with Crippen LogP contribution in [0.2, 0.25) is 0 Å². The molecule has 1 saturated carbocycles. The first-order chi connectivity index (χ1) is 10.2. The summed E-state index contributed by atoms with van der Waals surface area (Å²) < 4.78 is 0. The van der Waals surface area contributed by atoms with Crippen molar-refractivity contribution in [2.75, 3.05) is 6.54 Å². The molecule has 1 atom stereocenters. The van der Waals surface area contributed by atoms with Crippen molar-refractivity contribution in [2.45, 2.75) is 32.1 Å². The van der Waals surface area contributed by atoms with Gasteiger partial charge in [0.2, 0.25) is 5.91 Å². The fourth-order valence-electron chi connectivity index (χ4n) is 3.59. The van der Waals surface area contributed by atoms with Crippen LogP contribution in [0.3, 0.4) is 0 Å². The van der Waals surface area contributed by atoms with Crippen molar-refractivity contribution in [1.82, 2.24) is 4.90 Å². The van der Waals surface area contributed by atoms with Gasteiger partial charge < -0.3 is 0 Å². The summed E-state index contributed by atoms with van der Waals surface area (Å²) in [5.41, 5.74) is 0.223. The van der Waals surface area contributed by atoms with Gasteiger partial charge in [-0.15, -0.1) is 6.58 Å². The lowest BCUT2D eigenvalue weighted by Crippen LogP contribution is -2.52. The van der Waals surface area contributed by atoms with Crippen molar-refractivity contribution < 1.29 is 9.59 Å². The van der Waals surface area contributed by atoms with Gasteiger partial charge >= 0.3 is 0 Å². The summed E-state index contributed by atoms with van der Waals surface area (Å²) in [7, 11) is 0. The van der Waals surface area contributed by atoms with Gasteiger partial charge in [0, 0.05) is 12.1 Å². The van der Waals surface area contributed by atoms with E-state index in [0.29, 0.717) is 24.4 Å². The molecule has 0 unspecified atom stereocenters. The number of likely N-dealkylation sites (tertiary alicyclic amines) is 1. The summed E-state index contributed by atoms with van der Waals surface area (Å²) in [5, 5.41) is 0. The molecule has 1 saturated heterocycles. The summed E-state index contributed by atoms with van der Waals surface area (Å²) in [4.78, 5) is 27.1. The van der Waals surface area contributed by atoms with Crippen LogP contribution in [-0.4, -0.2) is 23.3 Å². The molecule has 2 aliphatic rings. The third kappa shape index (κ3) is 2.41. The Bertz CT molecular complexity index is 562. The third-order valence-corrected chi connectivity index (χ3v) is 4.81. The van der Waals surface area contributed by atoms with E-state index < -0.39 is 0 Å². The Balaban J connectivity index is 1.88. The molecule has 110 valence electrons. The maximum absolute atomic E-state index is 13.0. The molecular formula is C18H21NO2. The molecule has 2 amide bonds. The fourth-order valence-corrected chi connectivity index (χ4v) is 3.59. The molecule has 2 fully saturated rings. The summed E-state index contributed by atoms with van der Waals surface area (Å²) in [5.74, 6) is 0.300. The lowest BCUT2D eigenvalue weighted by molar-refractivity contribution is -0.144. The largest absolute Gasteiger partial charge is 0.278 e. The maximum atomic E-state index is 13.0. The van der Waals surface area contributed by atoms with E-state index in [0.717, 1.165) is 25.7 Å². The van der Waals surface area contributed by atoms with E-state index in [9.17, 15) is 9.59 Å². The number of piperidine rings is 1. The van der Waals surface area contributed by atoms with Gasteiger partial charge in [-0.05, 0) is 50.2 Å². The van der Waals surface area contributed by atoms with Crippen LogP contribution in [0.15, 0.2) is 43.0 Å². The molecule has 1 aromatic carbocycles. The van der Waals surface area contributed by atoms with E-state index in [-0.39, 0.29) is 17.2 Å². The minimum Gasteiger partial charge on any atom is -0.278 e. The number of benzene rings is 1. The van der Waals surface area contributed by atoms with Crippen LogP contribution in [0.5, 0.6) is 0 Å². The summed E-state index contributed by atoms with van der Waals surface area (Å²) in [6, 6.07) is 9.09. The standard InChI is InChI=1S/C18H21NO2/c1-2-11-18(15-9-10-15)12-6-13-19(17(18)21)16(20)14-7-4-3-5-8-14/h2-5,7-8,15H,1,6,9-13H2/t18-/m1/s1. The van der Waals surface area contributed by atoms with Crippen LogP contribution in [0.4, 0.5) is 0 Å². The molecule has 21 heavy (non-hydrogen) atoms. The number of nitrogens with zero attached hydrogens (tertiary/aromatic N) is 1. The first-order valence-corrected chi connectivity index (χ1v) is 7.71. The van der Waals surface area contributed by atoms with E-state index in [1.165, 1.54) is 4.90 Å². The molecule has 0 N–H and O–H groups in total. The molecule has 1 aliphatic heterocycles. The molecule has 0 spiro atoms. The van der Waals surface area contributed by atoms with E-state index in [2.05, 4.69) is 6.58 Å². The van der Waals surface area contributed by atoms with Gasteiger partial charge in [-0.2, -0.15) is 0 Å². The van der Waals surface area contributed by atoms with Gasteiger partial charge in [0.1, 0.15) is 0 Å². The zero-order chi connectivity index (χ0) is 14.9. The molecule has 0 aromatic heterocycles. The Kier molecular flexibility index (Phi) is 3.66. The van der Waals surface area contributed by atoms with Crippen LogP contribution in [0.1, 0.15) is 42.5 Å². The summed E-state index contributed by atoms with van der Waals surface area (Å²) >= 11 is 0. The van der Waals surface area contributed by atoms with Gasteiger partial charge in [-0.3, -0.25) is 14.5 Å². The highest BCUT2D eigenvalue weighted by molar-refractivity contribution is 6.06. The van der Waals surface area contributed by atoms with E-state index >= 15 is 0 Å². The Labute approximate surface area is 125 Å². The van der Waals surface area contributed by atoms with Gasteiger partial charge in [-0.1, -0.05) is 24.3 Å². The van der Waals surface area contributed by atoms with E-state index in [1.54, 1.807) is 12.1 Å². The lowest BCUT2D eigenvalue weighted by Gasteiger charge is -2.40. The predicted molar refractivity (Wildman–Crippen MR) is 81.7 cm³/mol. The number of hydrogen-bond donors (Lipinski definition) is 0. The predicted octanol–water partition coefficient (Wildman–Crippen LogP) is 3.42. The second-order valence-electron chi connectivity index (χ2n) is 6.15. The highest BCUT2D eigenvalue weighted by Gasteiger charge is 2.53. The van der Waals surface area contributed by atoms with Crippen LogP contribution in [-0.2, 0) is 4.79 Å². The molecule has 0 bridgehead atoms. The maximum Gasteiger partial charge on any atom is 0.260 e. The normalized spacial score (nSPS) is 25.7. The van der Waals surface area contributed by atoms with Crippen molar-refractivity contribution >= 4 is 11.8 Å². The second kappa shape index (κ2) is 5.47. The number of carbonyl (C=O) groups is 2. The van der Waals surface area contributed by atoms with Crippen molar-refractivity contribution in [1.29, 1.82) is 0 Å². The van der Waals surface area contributed by atoms with Crippen LogP contribution < -0.4 is 0 Å². The molecule has 3 nitrogen and oxygen atoms in total. The summed E-state index contributed by atoms with van der Waals surface area (Å²) in [6.45, 7) is 4.36. The highest BCUT2D eigenvalue weighted by atomic mass is 16.2. The first kappa shape index (κ1) is 14.1. The number of carbonyl (C=O) groups excluding carboxylic acids is 2. The van der Waals surface area contributed by atoms with Crippen molar-refractivity contribution in [3.63, 3.8) is 0 Å². The molecule has 3 heteroatoms. The molecule has 1 aromatic rings. The van der Waals surface area contributed by atoms with Gasteiger partial charge in [0.15, 0.2) is 0 Å². The van der Waals surface area contributed by atoms with Gasteiger partial charge in [-0.25, -0.2) is 0 Å². The average Bonchev–Trinajstić information content (AvgIpc) is 3.35. The molecule has 0 radical (unpaired) electrons. The number of rotatable bonds is 4. The third-order valence-electron chi connectivity index (χ3n) is 4.81. The number of hydrogen-bond acceptors (Lipinski definition) is 2. The van der Waals surface area contributed by atoms with Gasteiger partial charge in [0.25, 0.3) is 5.91 Å². The number of imide groups is 1. The zero-order valence-electron chi connectivity index (χ0n) is 12.3. The topological polar surface area (TPSA) is 37.4 Å². The number of amides is 2. The Morgan fingerprint density at radius 1 is 1.33 bits per heavy atom. The van der Waals surface area contributed by atoms with Crippen molar-refractivity contribution in [2.24, 2.45) is 11.3 Å². The van der Waals surface area contributed by atoms with Crippen LogP contribution in [0, 0.1) is 11.3 Å². The average molecular weight is 283 g/mol. The van der Waals surface area contributed by atoms with Crippen molar-refractivity contribution in [3.05, 3.63) is 48.6 Å².